The summed E-state index contributed by atoms with van der Waals surface area (Å²) in [5, 5.41) is 3.28. The maximum absolute atomic E-state index is 4.69. The zero-order chi connectivity index (χ0) is 13.7. The molecule has 1 aromatic heterocycles. The fraction of sp³-hybridized carbons (Fsp3) is 0.688. The average molecular weight is 261 g/mol. The van der Waals surface area contributed by atoms with Crippen LogP contribution >= 0.6 is 0 Å². The van der Waals surface area contributed by atoms with Crippen molar-refractivity contribution < 1.29 is 0 Å². The van der Waals surface area contributed by atoms with Crippen LogP contribution in [0, 0.1) is 5.92 Å². The van der Waals surface area contributed by atoms with Gasteiger partial charge in [-0.25, -0.2) is 4.98 Å². The Balaban J connectivity index is 1.99. The molecule has 19 heavy (non-hydrogen) atoms. The molecule has 3 heteroatoms. The van der Waals surface area contributed by atoms with Gasteiger partial charge in [-0.1, -0.05) is 19.4 Å². The lowest BCUT2D eigenvalue weighted by atomic mass is 9.84. The van der Waals surface area contributed by atoms with E-state index in [1.807, 2.05) is 6.07 Å². The second kappa shape index (κ2) is 6.78. The Kier molecular flexibility index (Phi) is 5.06. The number of hydrogen-bond acceptors (Lipinski definition) is 3. The number of nitrogens with zero attached hydrogens (tertiary/aromatic N) is 2. The van der Waals surface area contributed by atoms with E-state index in [0.29, 0.717) is 6.04 Å². The number of anilines is 2. The molecule has 0 unspecified atom stereocenters. The lowest BCUT2D eigenvalue weighted by Crippen LogP contribution is -2.35. The van der Waals surface area contributed by atoms with Gasteiger partial charge in [0, 0.05) is 19.6 Å². The smallest absolute Gasteiger partial charge is 0.130 e. The summed E-state index contributed by atoms with van der Waals surface area (Å²) >= 11 is 0. The Morgan fingerprint density at radius 1 is 1.21 bits per heavy atom. The van der Waals surface area contributed by atoms with Gasteiger partial charge in [-0.3, -0.25) is 0 Å². The van der Waals surface area contributed by atoms with E-state index in [4.69, 9.17) is 4.98 Å². The standard InChI is InChI=1S/C16H27N3/c1-4-13-9-11-14(12-10-13)19(3)16-8-6-7-15(18-16)17-5-2/h6-8,13-14H,4-5,9-12H2,1-3H3,(H,17,18). The highest BCUT2D eigenvalue weighted by Crippen LogP contribution is 2.30. The van der Waals surface area contributed by atoms with Crippen molar-refractivity contribution >= 4 is 11.6 Å². The average Bonchev–Trinajstić information content (AvgIpc) is 2.47. The minimum Gasteiger partial charge on any atom is -0.370 e. The van der Waals surface area contributed by atoms with Gasteiger partial charge < -0.3 is 10.2 Å². The molecule has 0 bridgehead atoms. The predicted octanol–water partition coefficient (Wildman–Crippen LogP) is 3.92. The molecule has 0 saturated heterocycles. The summed E-state index contributed by atoms with van der Waals surface area (Å²) in [6.07, 6.45) is 6.70. The first-order chi connectivity index (χ1) is 9.24. The molecular weight excluding hydrogens is 234 g/mol. The van der Waals surface area contributed by atoms with Crippen molar-refractivity contribution in [3.8, 4) is 0 Å². The van der Waals surface area contributed by atoms with Crippen molar-refractivity contribution in [1.82, 2.24) is 4.98 Å². The third-order valence-corrected chi connectivity index (χ3v) is 4.40. The van der Waals surface area contributed by atoms with E-state index in [1.54, 1.807) is 0 Å². The van der Waals surface area contributed by atoms with Crippen molar-refractivity contribution in [3.05, 3.63) is 18.2 Å². The number of pyridine rings is 1. The second-order valence-electron chi connectivity index (χ2n) is 5.61. The summed E-state index contributed by atoms with van der Waals surface area (Å²) in [7, 11) is 2.19. The molecule has 1 aliphatic rings. The molecule has 0 aromatic carbocycles. The molecule has 1 aromatic rings. The Labute approximate surface area is 117 Å². The van der Waals surface area contributed by atoms with Gasteiger partial charge in [0.25, 0.3) is 0 Å². The van der Waals surface area contributed by atoms with Gasteiger partial charge in [-0.05, 0) is 50.7 Å². The maximum atomic E-state index is 4.69. The van der Waals surface area contributed by atoms with Crippen molar-refractivity contribution in [2.45, 2.75) is 52.0 Å². The minimum atomic E-state index is 0.659. The molecule has 0 atom stereocenters. The fourth-order valence-electron chi connectivity index (χ4n) is 3.03. The van der Waals surface area contributed by atoms with Crippen molar-refractivity contribution in [3.63, 3.8) is 0 Å². The molecule has 0 spiro atoms. The highest BCUT2D eigenvalue weighted by Gasteiger charge is 2.23. The first-order valence-corrected chi connectivity index (χ1v) is 7.68. The third kappa shape index (κ3) is 3.62. The molecule has 0 amide bonds. The molecule has 0 radical (unpaired) electrons. The Morgan fingerprint density at radius 2 is 1.95 bits per heavy atom. The molecule has 0 aliphatic heterocycles. The Bertz CT molecular complexity index is 383. The number of nitrogens with one attached hydrogen (secondary N) is 1. The van der Waals surface area contributed by atoms with Crippen molar-refractivity contribution in [2.75, 3.05) is 23.8 Å². The monoisotopic (exact) mass is 261 g/mol. The second-order valence-corrected chi connectivity index (χ2v) is 5.61. The molecule has 1 heterocycles. The molecule has 106 valence electrons. The van der Waals surface area contributed by atoms with E-state index in [1.165, 1.54) is 32.1 Å². The summed E-state index contributed by atoms with van der Waals surface area (Å²) in [4.78, 5) is 7.06. The lowest BCUT2D eigenvalue weighted by molar-refractivity contribution is 0.313. The van der Waals surface area contributed by atoms with E-state index in [2.05, 4.69) is 43.2 Å². The molecular formula is C16H27N3. The normalized spacial score (nSPS) is 23.1. The van der Waals surface area contributed by atoms with E-state index < -0.39 is 0 Å². The summed E-state index contributed by atoms with van der Waals surface area (Å²) in [6.45, 7) is 5.34. The largest absolute Gasteiger partial charge is 0.370 e. The van der Waals surface area contributed by atoms with Gasteiger partial charge in [-0.2, -0.15) is 0 Å². The van der Waals surface area contributed by atoms with E-state index in [9.17, 15) is 0 Å². The van der Waals surface area contributed by atoms with Gasteiger partial charge >= 0.3 is 0 Å². The van der Waals surface area contributed by atoms with Crippen LogP contribution < -0.4 is 10.2 Å². The van der Waals surface area contributed by atoms with Crippen LogP contribution in [0.4, 0.5) is 11.6 Å². The first-order valence-electron chi connectivity index (χ1n) is 7.68. The van der Waals surface area contributed by atoms with E-state index in [-0.39, 0.29) is 0 Å². The number of hydrogen-bond donors (Lipinski definition) is 1. The van der Waals surface area contributed by atoms with Gasteiger partial charge in [0.1, 0.15) is 11.6 Å². The lowest BCUT2D eigenvalue weighted by Gasteiger charge is -2.35. The SMILES string of the molecule is CCNc1cccc(N(C)C2CCC(CC)CC2)n1. The minimum absolute atomic E-state index is 0.659. The molecule has 1 aliphatic carbocycles. The zero-order valence-electron chi connectivity index (χ0n) is 12.5. The summed E-state index contributed by atoms with van der Waals surface area (Å²) in [6, 6.07) is 6.91. The van der Waals surface area contributed by atoms with Crippen LogP contribution in [0.25, 0.3) is 0 Å². The highest BCUT2D eigenvalue weighted by atomic mass is 15.2. The van der Waals surface area contributed by atoms with Gasteiger partial charge in [0.05, 0.1) is 0 Å². The molecule has 1 saturated carbocycles. The number of rotatable bonds is 5. The highest BCUT2D eigenvalue weighted by molar-refractivity contribution is 5.47. The van der Waals surface area contributed by atoms with Crippen LogP contribution in [0.5, 0.6) is 0 Å². The van der Waals surface area contributed by atoms with Crippen molar-refractivity contribution in [2.24, 2.45) is 5.92 Å². The van der Waals surface area contributed by atoms with Gasteiger partial charge in [-0.15, -0.1) is 0 Å². The van der Waals surface area contributed by atoms with Gasteiger partial charge in [0.2, 0.25) is 0 Å². The first kappa shape index (κ1) is 14.2. The molecule has 2 rings (SSSR count). The van der Waals surface area contributed by atoms with Crippen LogP contribution in [0.15, 0.2) is 18.2 Å². The van der Waals surface area contributed by atoms with E-state index >= 15 is 0 Å². The fourth-order valence-corrected chi connectivity index (χ4v) is 3.03. The van der Waals surface area contributed by atoms with E-state index in [0.717, 1.165) is 24.1 Å². The molecule has 3 nitrogen and oxygen atoms in total. The van der Waals surface area contributed by atoms with Gasteiger partial charge in [0.15, 0.2) is 0 Å². The number of aromatic nitrogens is 1. The van der Waals surface area contributed by atoms with Crippen LogP contribution in [-0.2, 0) is 0 Å². The van der Waals surface area contributed by atoms with Crippen LogP contribution in [0.1, 0.15) is 46.0 Å². The zero-order valence-corrected chi connectivity index (χ0v) is 12.5. The summed E-state index contributed by atoms with van der Waals surface area (Å²) in [5.41, 5.74) is 0. The predicted molar refractivity (Wildman–Crippen MR) is 82.8 cm³/mol. The topological polar surface area (TPSA) is 28.2 Å². The summed E-state index contributed by atoms with van der Waals surface area (Å²) in [5.74, 6) is 3.03. The van der Waals surface area contributed by atoms with Crippen LogP contribution in [0.2, 0.25) is 0 Å². The Hall–Kier alpha value is -1.25. The maximum Gasteiger partial charge on any atom is 0.130 e. The molecule has 1 N–H and O–H groups in total. The molecule has 1 fully saturated rings. The Morgan fingerprint density at radius 3 is 2.58 bits per heavy atom. The van der Waals surface area contributed by atoms with Crippen LogP contribution in [-0.4, -0.2) is 24.6 Å². The van der Waals surface area contributed by atoms with Crippen molar-refractivity contribution in [1.29, 1.82) is 0 Å². The third-order valence-electron chi connectivity index (χ3n) is 4.40. The van der Waals surface area contributed by atoms with Crippen LogP contribution in [0.3, 0.4) is 0 Å². The quantitative estimate of drug-likeness (QED) is 0.870. The summed E-state index contributed by atoms with van der Waals surface area (Å²) < 4.78 is 0.